The Morgan fingerprint density at radius 3 is 2.66 bits per heavy atom. The number of nitrogens with zero attached hydrogens (tertiary/aromatic N) is 1. The molecule has 35 heavy (non-hydrogen) atoms. The van der Waals surface area contributed by atoms with E-state index in [9.17, 15) is 29.7 Å². The highest BCUT2D eigenvalue weighted by Crippen LogP contribution is 2.36. The molecule has 1 aliphatic heterocycles. The van der Waals surface area contributed by atoms with E-state index in [0.717, 1.165) is 0 Å². The maximum Gasteiger partial charge on any atom is 0.305 e. The van der Waals surface area contributed by atoms with Gasteiger partial charge >= 0.3 is 5.97 Å². The van der Waals surface area contributed by atoms with E-state index >= 15 is 0 Å². The van der Waals surface area contributed by atoms with Crippen LogP contribution in [0.5, 0.6) is 5.75 Å². The number of hydrogen-bond donors (Lipinski definition) is 7. The van der Waals surface area contributed by atoms with Crippen molar-refractivity contribution in [3.8, 4) is 5.75 Å². The SMILES string of the molecule is O=C(O)C[C@@H](NC(=O)CNC(=O)c1cccc(NC2=NCC(O)CN2)c1)c1cc(Br)cc(Br)c1O. The molecule has 2 aromatic rings. The Morgan fingerprint density at radius 2 is 1.97 bits per heavy atom. The predicted molar refractivity (Wildman–Crippen MR) is 135 cm³/mol. The zero-order valence-corrected chi connectivity index (χ0v) is 21.4. The number of β-amino-alcohol motifs (C(OH)–C–C–N with tert-alkyl or cyclic N) is 1. The summed E-state index contributed by atoms with van der Waals surface area (Å²) in [6.07, 6.45) is -1.02. The quantitative estimate of drug-likeness (QED) is 0.236. The first-order chi connectivity index (χ1) is 16.6. The zero-order chi connectivity index (χ0) is 25.5. The van der Waals surface area contributed by atoms with Crippen molar-refractivity contribution in [1.82, 2.24) is 16.0 Å². The van der Waals surface area contributed by atoms with Crippen LogP contribution >= 0.6 is 31.9 Å². The first kappa shape index (κ1) is 26.4. The molecule has 0 aromatic heterocycles. The summed E-state index contributed by atoms with van der Waals surface area (Å²) in [5.41, 5.74) is 1.08. The summed E-state index contributed by atoms with van der Waals surface area (Å²) in [5.74, 6) is -2.04. The van der Waals surface area contributed by atoms with E-state index in [1.54, 1.807) is 30.3 Å². The number of aliphatic carboxylic acids is 1. The number of benzene rings is 2. The number of carboxylic acids is 1. The maximum absolute atomic E-state index is 12.6. The highest BCUT2D eigenvalue weighted by Gasteiger charge is 2.23. The van der Waals surface area contributed by atoms with Crippen LogP contribution in [0.1, 0.15) is 28.4 Å². The molecule has 11 nitrogen and oxygen atoms in total. The number of aliphatic hydroxyl groups is 1. The summed E-state index contributed by atoms with van der Waals surface area (Å²) in [6, 6.07) is 8.61. The van der Waals surface area contributed by atoms with Crippen molar-refractivity contribution in [2.45, 2.75) is 18.6 Å². The van der Waals surface area contributed by atoms with Gasteiger partial charge < -0.3 is 36.6 Å². The molecular weight excluding hydrogens is 590 g/mol. The molecule has 1 heterocycles. The van der Waals surface area contributed by atoms with Gasteiger partial charge in [-0.05, 0) is 46.3 Å². The average molecular weight is 613 g/mol. The smallest absolute Gasteiger partial charge is 0.305 e. The monoisotopic (exact) mass is 611 g/mol. The Hall–Kier alpha value is -3.16. The molecule has 0 spiro atoms. The number of aliphatic hydroxyl groups excluding tert-OH is 1. The highest BCUT2D eigenvalue weighted by atomic mass is 79.9. The van der Waals surface area contributed by atoms with E-state index in [1.807, 2.05) is 0 Å². The fourth-order valence-corrected chi connectivity index (χ4v) is 4.52. The van der Waals surface area contributed by atoms with E-state index in [1.165, 1.54) is 6.07 Å². The minimum Gasteiger partial charge on any atom is -0.506 e. The van der Waals surface area contributed by atoms with Crippen molar-refractivity contribution >= 4 is 61.3 Å². The van der Waals surface area contributed by atoms with Crippen molar-refractivity contribution in [2.75, 3.05) is 25.0 Å². The van der Waals surface area contributed by atoms with Crippen LogP contribution in [-0.2, 0) is 9.59 Å². The second-order valence-corrected chi connectivity index (χ2v) is 9.43. The molecule has 0 saturated heterocycles. The second-order valence-electron chi connectivity index (χ2n) is 7.66. The normalized spacial score (nSPS) is 15.9. The van der Waals surface area contributed by atoms with Crippen LogP contribution in [0.25, 0.3) is 0 Å². The number of anilines is 1. The van der Waals surface area contributed by atoms with E-state index in [-0.39, 0.29) is 23.4 Å². The fraction of sp³-hybridized carbons (Fsp3) is 0.273. The molecule has 0 bridgehead atoms. The van der Waals surface area contributed by atoms with E-state index in [2.05, 4.69) is 58.1 Å². The van der Waals surface area contributed by atoms with Crippen LogP contribution < -0.4 is 21.3 Å². The van der Waals surface area contributed by atoms with Crippen molar-refractivity contribution in [3.05, 3.63) is 56.5 Å². The van der Waals surface area contributed by atoms with Crippen molar-refractivity contribution < 1.29 is 29.7 Å². The number of rotatable bonds is 8. The van der Waals surface area contributed by atoms with E-state index in [0.29, 0.717) is 27.1 Å². The van der Waals surface area contributed by atoms with Gasteiger partial charge in [0, 0.05) is 27.8 Å². The third-order valence-corrected chi connectivity index (χ3v) is 5.97. The Bertz CT molecular complexity index is 1160. The first-order valence-corrected chi connectivity index (χ1v) is 12.0. The average Bonchev–Trinajstić information content (AvgIpc) is 2.81. The number of carboxylic acid groups (broad SMARTS) is 1. The molecule has 0 aliphatic carbocycles. The lowest BCUT2D eigenvalue weighted by atomic mass is 10.0. The number of amides is 2. The van der Waals surface area contributed by atoms with Gasteiger partial charge in [0.25, 0.3) is 5.91 Å². The number of nitrogens with one attached hydrogen (secondary N) is 4. The van der Waals surface area contributed by atoms with Crippen LogP contribution in [-0.4, -0.2) is 64.8 Å². The lowest BCUT2D eigenvalue weighted by molar-refractivity contribution is -0.137. The molecule has 3 rings (SSSR count). The largest absolute Gasteiger partial charge is 0.506 e. The number of guanidine groups is 1. The summed E-state index contributed by atoms with van der Waals surface area (Å²) in [7, 11) is 0. The first-order valence-electron chi connectivity index (χ1n) is 10.4. The van der Waals surface area contributed by atoms with Gasteiger partial charge in [0.05, 0.1) is 36.1 Å². The highest BCUT2D eigenvalue weighted by molar-refractivity contribution is 9.11. The Balaban J connectivity index is 1.62. The van der Waals surface area contributed by atoms with Gasteiger partial charge in [-0.15, -0.1) is 0 Å². The molecule has 7 N–H and O–H groups in total. The molecule has 1 unspecified atom stereocenters. The third kappa shape index (κ3) is 7.67. The molecule has 2 atom stereocenters. The van der Waals surface area contributed by atoms with Gasteiger partial charge in [-0.3, -0.25) is 19.4 Å². The summed E-state index contributed by atoms with van der Waals surface area (Å²) >= 11 is 6.47. The number of phenols is 1. The molecule has 1 aliphatic rings. The number of carbonyl (C=O) groups excluding carboxylic acids is 2. The van der Waals surface area contributed by atoms with Crippen LogP contribution in [0.2, 0.25) is 0 Å². The molecular formula is C22H23Br2N5O6. The van der Waals surface area contributed by atoms with Crippen LogP contribution in [0.3, 0.4) is 0 Å². The number of halogens is 2. The topological polar surface area (TPSA) is 172 Å². The lowest BCUT2D eigenvalue weighted by Crippen LogP contribution is -2.42. The number of aromatic hydroxyl groups is 1. The zero-order valence-electron chi connectivity index (χ0n) is 18.2. The van der Waals surface area contributed by atoms with Crippen molar-refractivity contribution in [1.29, 1.82) is 0 Å². The second kappa shape index (κ2) is 12.0. The third-order valence-electron chi connectivity index (χ3n) is 4.91. The molecule has 0 fully saturated rings. The summed E-state index contributed by atoms with van der Waals surface area (Å²) in [5, 5.41) is 40.1. The lowest BCUT2D eigenvalue weighted by Gasteiger charge is -2.20. The number of carbonyl (C=O) groups is 3. The van der Waals surface area contributed by atoms with Gasteiger partial charge in [-0.25, -0.2) is 0 Å². The minimum absolute atomic E-state index is 0.195. The molecule has 2 amide bonds. The number of phenolic OH excluding ortho intramolecular Hbond substituents is 1. The molecule has 186 valence electrons. The standard InChI is InChI=1S/C22H23Br2N5O6/c23-12-5-15(20(34)16(24)6-12)17(7-19(32)33)29-18(31)10-25-21(35)11-2-1-3-13(4-11)28-22-26-8-14(30)9-27-22/h1-6,14,17,30,34H,7-10H2,(H,25,35)(H,29,31)(H,32,33)(H2,26,27,28)/t17-/m1/s1. The summed E-state index contributed by atoms with van der Waals surface area (Å²) in [6.45, 7) is 0.218. The molecule has 13 heteroatoms. The van der Waals surface area contributed by atoms with E-state index in [4.69, 9.17) is 0 Å². The maximum atomic E-state index is 12.6. The van der Waals surface area contributed by atoms with Crippen LogP contribution in [0, 0.1) is 0 Å². The van der Waals surface area contributed by atoms with Crippen molar-refractivity contribution in [3.63, 3.8) is 0 Å². The molecule has 0 radical (unpaired) electrons. The van der Waals surface area contributed by atoms with E-state index < -0.39 is 42.9 Å². The van der Waals surface area contributed by atoms with Crippen LogP contribution in [0.15, 0.2) is 50.3 Å². The van der Waals surface area contributed by atoms with Gasteiger partial charge in [0.2, 0.25) is 5.91 Å². The fourth-order valence-electron chi connectivity index (χ4n) is 3.26. The van der Waals surface area contributed by atoms with Crippen molar-refractivity contribution in [2.24, 2.45) is 4.99 Å². The molecule has 0 saturated carbocycles. The number of hydrogen-bond acceptors (Lipinski definition) is 8. The predicted octanol–water partition coefficient (Wildman–Crippen LogP) is 1.71. The van der Waals surface area contributed by atoms with Gasteiger partial charge in [-0.2, -0.15) is 0 Å². The summed E-state index contributed by atoms with van der Waals surface area (Å²) in [4.78, 5) is 40.6. The van der Waals surface area contributed by atoms with Gasteiger partial charge in [0.1, 0.15) is 5.75 Å². The molecule has 2 aromatic carbocycles. The Kier molecular flexibility index (Phi) is 9.07. The number of aliphatic imine (C=N–C) groups is 1. The van der Waals surface area contributed by atoms with Gasteiger partial charge in [0.15, 0.2) is 5.96 Å². The van der Waals surface area contributed by atoms with Gasteiger partial charge in [-0.1, -0.05) is 22.0 Å². The Morgan fingerprint density at radius 1 is 1.20 bits per heavy atom. The summed E-state index contributed by atoms with van der Waals surface area (Å²) < 4.78 is 0.910. The van der Waals surface area contributed by atoms with Crippen LogP contribution in [0.4, 0.5) is 5.69 Å². The minimum atomic E-state index is -1.18. The Labute approximate surface area is 217 Å².